The van der Waals surface area contributed by atoms with Crippen LogP contribution in [0.1, 0.15) is 43.5 Å². The average Bonchev–Trinajstić information content (AvgIpc) is 3.12. The molecule has 0 spiro atoms. The summed E-state index contributed by atoms with van der Waals surface area (Å²) in [6.45, 7) is 4.57. The van der Waals surface area contributed by atoms with Crippen LogP contribution in [0.3, 0.4) is 0 Å². The van der Waals surface area contributed by atoms with Gasteiger partial charge in [0.15, 0.2) is 11.6 Å². The normalized spacial score (nSPS) is 24.1. The van der Waals surface area contributed by atoms with Crippen molar-refractivity contribution < 1.29 is 4.79 Å². The van der Waals surface area contributed by atoms with E-state index in [-0.39, 0.29) is 18.0 Å². The molecule has 1 amide bonds. The minimum absolute atomic E-state index is 0.0707. The van der Waals surface area contributed by atoms with Gasteiger partial charge in [-0.1, -0.05) is 0 Å². The lowest BCUT2D eigenvalue weighted by atomic mass is 10.1. The Morgan fingerprint density at radius 2 is 2.00 bits per heavy atom. The van der Waals surface area contributed by atoms with Gasteiger partial charge in [0, 0.05) is 18.9 Å². The molecule has 2 aliphatic rings. The van der Waals surface area contributed by atoms with Gasteiger partial charge in [-0.15, -0.1) is 10.2 Å². The highest BCUT2D eigenvalue weighted by atomic mass is 16.2. The molecule has 0 aromatic carbocycles. The average molecular weight is 284 g/mol. The zero-order valence-corrected chi connectivity index (χ0v) is 12.0. The van der Waals surface area contributed by atoms with Crippen molar-refractivity contribution in [2.75, 3.05) is 6.54 Å². The van der Waals surface area contributed by atoms with Crippen LogP contribution < -0.4 is 0 Å². The summed E-state index contributed by atoms with van der Waals surface area (Å²) in [5, 5.41) is 8.64. The number of hydrogen-bond acceptors (Lipinski definition) is 5. The van der Waals surface area contributed by atoms with E-state index < -0.39 is 0 Å². The highest BCUT2D eigenvalue weighted by Gasteiger charge is 2.42. The van der Waals surface area contributed by atoms with E-state index in [0.29, 0.717) is 11.6 Å². The van der Waals surface area contributed by atoms with Crippen molar-refractivity contribution in [2.24, 2.45) is 0 Å². The zero-order chi connectivity index (χ0) is 14.6. The molecule has 0 radical (unpaired) electrons. The van der Waals surface area contributed by atoms with Crippen LogP contribution in [0.25, 0.3) is 11.4 Å². The number of aryl methyl sites for hydroxylation is 1. The van der Waals surface area contributed by atoms with E-state index in [0.717, 1.165) is 30.8 Å². The minimum Gasteiger partial charge on any atom is -0.331 e. The van der Waals surface area contributed by atoms with Crippen LogP contribution in [0.15, 0.2) is 12.4 Å². The van der Waals surface area contributed by atoms with E-state index in [1.807, 2.05) is 23.3 Å². The molecule has 0 bridgehead atoms. The Labute approximate surface area is 122 Å². The second kappa shape index (κ2) is 4.34. The third-order valence-corrected chi connectivity index (χ3v) is 4.34. The van der Waals surface area contributed by atoms with Gasteiger partial charge in [-0.3, -0.25) is 9.36 Å². The highest BCUT2D eigenvalue weighted by Crippen LogP contribution is 2.39. The number of carbonyl (C=O) groups excluding carboxylic acids is 1. The molecule has 2 aromatic heterocycles. The van der Waals surface area contributed by atoms with Crippen LogP contribution in [-0.4, -0.2) is 42.1 Å². The smallest absolute Gasteiger partial charge is 0.246 e. The van der Waals surface area contributed by atoms with Gasteiger partial charge in [-0.05, 0) is 26.7 Å². The molecule has 0 unspecified atom stereocenters. The number of nitrogens with zero attached hydrogens (tertiary/aromatic N) is 6. The number of carbonyl (C=O) groups is 1. The molecule has 7 nitrogen and oxygen atoms in total. The molecule has 0 saturated carbocycles. The first kappa shape index (κ1) is 12.4. The predicted molar refractivity (Wildman–Crippen MR) is 74.2 cm³/mol. The fraction of sp³-hybridized carbons (Fsp3) is 0.500. The van der Waals surface area contributed by atoms with Crippen LogP contribution in [0.2, 0.25) is 0 Å². The second-order valence-electron chi connectivity index (χ2n) is 5.64. The number of amides is 1. The Bertz CT molecular complexity index is 707. The summed E-state index contributed by atoms with van der Waals surface area (Å²) >= 11 is 0. The molecule has 1 saturated heterocycles. The summed E-state index contributed by atoms with van der Waals surface area (Å²) in [4.78, 5) is 22.9. The maximum atomic E-state index is 12.5. The van der Waals surface area contributed by atoms with Crippen molar-refractivity contribution in [3.05, 3.63) is 24.0 Å². The number of rotatable bonds is 1. The van der Waals surface area contributed by atoms with E-state index in [4.69, 9.17) is 0 Å². The van der Waals surface area contributed by atoms with Crippen molar-refractivity contribution in [3.63, 3.8) is 0 Å². The van der Waals surface area contributed by atoms with Gasteiger partial charge in [0.05, 0.1) is 11.6 Å². The lowest BCUT2D eigenvalue weighted by Gasteiger charge is -2.34. The molecule has 1 fully saturated rings. The van der Waals surface area contributed by atoms with Gasteiger partial charge in [0.25, 0.3) is 0 Å². The molecule has 2 atom stereocenters. The fourth-order valence-corrected chi connectivity index (χ4v) is 3.27. The third kappa shape index (κ3) is 1.69. The first-order valence-electron chi connectivity index (χ1n) is 7.21. The van der Waals surface area contributed by atoms with Crippen molar-refractivity contribution >= 4 is 5.91 Å². The van der Waals surface area contributed by atoms with E-state index in [9.17, 15) is 4.79 Å². The van der Waals surface area contributed by atoms with Gasteiger partial charge in [0.2, 0.25) is 5.91 Å². The summed E-state index contributed by atoms with van der Waals surface area (Å²) in [6.07, 6.45) is 5.45. The van der Waals surface area contributed by atoms with E-state index in [2.05, 4.69) is 20.2 Å². The minimum atomic E-state index is -0.277. The predicted octanol–water partition coefficient (Wildman–Crippen LogP) is 1.28. The Balaban J connectivity index is 1.86. The van der Waals surface area contributed by atoms with E-state index in [1.165, 1.54) is 0 Å². The quantitative estimate of drug-likeness (QED) is 0.788. The largest absolute Gasteiger partial charge is 0.331 e. The summed E-state index contributed by atoms with van der Waals surface area (Å²) < 4.78 is 1.95. The number of hydrogen-bond donors (Lipinski definition) is 0. The molecule has 0 N–H and O–H groups in total. The SMILES string of the molecule is Cc1ncc(-c2nnc3n2[C@@H](C)C(=O)N2CCC[C@H]32)cn1. The summed E-state index contributed by atoms with van der Waals surface area (Å²) in [6, 6.07) is -0.207. The molecule has 108 valence electrons. The molecule has 0 aliphatic carbocycles. The first-order chi connectivity index (χ1) is 10.2. The van der Waals surface area contributed by atoms with Crippen molar-refractivity contribution in [1.82, 2.24) is 29.6 Å². The molecule has 21 heavy (non-hydrogen) atoms. The Morgan fingerprint density at radius 3 is 2.76 bits per heavy atom. The molecule has 7 heteroatoms. The van der Waals surface area contributed by atoms with Crippen LogP contribution in [0.4, 0.5) is 0 Å². The maximum absolute atomic E-state index is 12.5. The lowest BCUT2D eigenvalue weighted by Crippen LogP contribution is -2.42. The number of fused-ring (bicyclic) bond motifs is 3. The van der Waals surface area contributed by atoms with Crippen LogP contribution in [0, 0.1) is 6.92 Å². The molecule has 4 heterocycles. The Hall–Kier alpha value is -2.31. The highest BCUT2D eigenvalue weighted by molar-refractivity contribution is 5.82. The Kier molecular flexibility index (Phi) is 2.57. The van der Waals surface area contributed by atoms with Gasteiger partial charge in [-0.2, -0.15) is 0 Å². The molecule has 2 aliphatic heterocycles. The van der Waals surface area contributed by atoms with Crippen molar-refractivity contribution in [3.8, 4) is 11.4 Å². The van der Waals surface area contributed by atoms with Gasteiger partial charge in [0.1, 0.15) is 11.9 Å². The van der Waals surface area contributed by atoms with Crippen molar-refractivity contribution in [1.29, 1.82) is 0 Å². The van der Waals surface area contributed by atoms with E-state index in [1.54, 1.807) is 12.4 Å². The molecular weight excluding hydrogens is 268 g/mol. The van der Waals surface area contributed by atoms with Gasteiger partial charge < -0.3 is 4.90 Å². The summed E-state index contributed by atoms with van der Waals surface area (Å²) in [5.41, 5.74) is 0.797. The standard InChI is InChI=1S/C14H16N6O/c1-8-14(21)19-5-3-4-11(19)13-18-17-12(20(8)13)10-6-15-9(2)16-7-10/h6-8,11H,3-5H2,1-2H3/t8-,11+/m0/s1. The van der Waals surface area contributed by atoms with Crippen LogP contribution >= 0.6 is 0 Å². The summed E-state index contributed by atoms with van der Waals surface area (Å²) in [5.74, 6) is 2.43. The van der Waals surface area contributed by atoms with Crippen LogP contribution in [-0.2, 0) is 4.79 Å². The monoisotopic (exact) mass is 284 g/mol. The molecule has 4 rings (SSSR count). The Morgan fingerprint density at radius 1 is 1.24 bits per heavy atom. The van der Waals surface area contributed by atoms with Crippen LogP contribution in [0.5, 0.6) is 0 Å². The molecule has 2 aromatic rings. The van der Waals surface area contributed by atoms with Crippen molar-refractivity contribution in [2.45, 2.75) is 38.8 Å². The maximum Gasteiger partial charge on any atom is 0.246 e. The lowest BCUT2D eigenvalue weighted by molar-refractivity contribution is -0.137. The summed E-state index contributed by atoms with van der Waals surface area (Å²) in [7, 11) is 0. The van der Waals surface area contributed by atoms with E-state index >= 15 is 0 Å². The number of aromatic nitrogens is 5. The fourth-order valence-electron chi connectivity index (χ4n) is 3.27. The zero-order valence-electron chi connectivity index (χ0n) is 12.0. The first-order valence-corrected chi connectivity index (χ1v) is 7.21. The second-order valence-corrected chi connectivity index (χ2v) is 5.64. The van der Waals surface area contributed by atoms with Gasteiger partial charge >= 0.3 is 0 Å². The van der Waals surface area contributed by atoms with Gasteiger partial charge in [-0.25, -0.2) is 9.97 Å². The topological polar surface area (TPSA) is 76.8 Å². The molecular formula is C14H16N6O. The third-order valence-electron chi connectivity index (χ3n) is 4.34.